The molecular weight excluding hydrogens is 427 g/mol. The van der Waals surface area contributed by atoms with Crippen molar-refractivity contribution in [3.8, 4) is 11.5 Å². The first-order chi connectivity index (χ1) is 13.4. The number of aromatic nitrogens is 2. The van der Waals surface area contributed by atoms with Gasteiger partial charge in [-0.05, 0) is 24.3 Å². The molecule has 0 fully saturated rings. The third-order valence-corrected chi connectivity index (χ3v) is 5.66. The fourth-order valence-electron chi connectivity index (χ4n) is 2.46. The van der Waals surface area contributed by atoms with Gasteiger partial charge in [-0.25, -0.2) is 0 Å². The van der Waals surface area contributed by atoms with Gasteiger partial charge < -0.3 is 4.42 Å². The second-order valence-electron chi connectivity index (χ2n) is 5.56. The van der Waals surface area contributed by atoms with Gasteiger partial charge in [0.25, 0.3) is 11.6 Å². The van der Waals surface area contributed by atoms with Crippen LogP contribution in [0.1, 0.15) is 9.67 Å². The summed E-state index contributed by atoms with van der Waals surface area (Å²) in [6, 6.07) is 10.6. The number of nitro benzene ring substituents is 1. The zero-order valence-corrected chi connectivity index (χ0v) is 16.0. The number of hydrogen-bond acceptors (Lipinski definition) is 7. The molecule has 4 rings (SSSR count). The number of nitrogens with zero attached hydrogens (tertiary/aromatic N) is 3. The van der Waals surface area contributed by atoms with Crippen molar-refractivity contribution in [3.05, 3.63) is 67.5 Å². The largest absolute Gasteiger partial charge is 0.403 e. The molecule has 1 amide bonds. The Bertz CT molecular complexity index is 1220. The Morgan fingerprint density at radius 2 is 1.89 bits per heavy atom. The van der Waals surface area contributed by atoms with Gasteiger partial charge in [-0.3, -0.25) is 20.2 Å². The molecular formula is C17H8Cl2N4O4S. The minimum Gasteiger partial charge on any atom is -0.403 e. The summed E-state index contributed by atoms with van der Waals surface area (Å²) < 4.78 is 6.19. The van der Waals surface area contributed by atoms with E-state index in [0.717, 1.165) is 10.1 Å². The van der Waals surface area contributed by atoms with E-state index in [0.29, 0.717) is 15.6 Å². The predicted molar refractivity (Wildman–Crippen MR) is 106 cm³/mol. The van der Waals surface area contributed by atoms with Crippen LogP contribution in [0.5, 0.6) is 0 Å². The maximum absolute atomic E-state index is 12.5. The van der Waals surface area contributed by atoms with Crippen LogP contribution >= 0.6 is 34.5 Å². The lowest BCUT2D eigenvalue weighted by Crippen LogP contribution is -2.10. The SMILES string of the molecule is O=C(Nc1nnc(-c2ccc([N+](=O)[O-])cc2)o1)c1sc2cc(Cl)ccc2c1Cl. The van der Waals surface area contributed by atoms with Gasteiger partial charge in [0, 0.05) is 32.8 Å². The van der Waals surface area contributed by atoms with Crippen molar-refractivity contribution < 1.29 is 14.1 Å². The highest BCUT2D eigenvalue weighted by Crippen LogP contribution is 2.37. The summed E-state index contributed by atoms with van der Waals surface area (Å²) in [5.41, 5.74) is 0.421. The number of halogens is 2. The maximum Gasteiger partial charge on any atom is 0.322 e. The number of benzene rings is 2. The van der Waals surface area contributed by atoms with Crippen molar-refractivity contribution >= 4 is 62.2 Å². The van der Waals surface area contributed by atoms with Gasteiger partial charge in [-0.15, -0.1) is 16.4 Å². The molecule has 0 bridgehead atoms. The third-order valence-electron chi connectivity index (χ3n) is 3.77. The Morgan fingerprint density at radius 3 is 2.61 bits per heavy atom. The number of carbonyl (C=O) groups excluding carboxylic acids is 1. The molecule has 0 radical (unpaired) electrons. The van der Waals surface area contributed by atoms with Gasteiger partial charge >= 0.3 is 6.01 Å². The van der Waals surface area contributed by atoms with Crippen molar-refractivity contribution in [1.29, 1.82) is 0 Å². The first kappa shape index (κ1) is 18.4. The van der Waals surface area contributed by atoms with Gasteiger partial charge in [-0.2, -0.15) is 0 Å². The number of carbonyl (C=O) groups is 1. The van der Waals surface area contributed by atoms with Crippen molar-refractivity contribution in [2.75, 3.05) is 5.32 Å². The minimum absolute atomic E-state index is 0.0590. The topological polar surface area (TPSA) is 111 Å². The molecule has 0 saturated heterocycles. The van der Waals surface area contributed by atoms with Crippen molar-refractivity contribution in [2.45, 2.75) is 0 Å². The first-order valence-corrected chi connectivity index (χ1v) is 9.27. The Hall–Kier alpha value is -3.01. The van der Waals surface area contributed by atoms with E-state index in [9.17, 15) is 14.9 Å². The zero-order valence-electron chi connectivity index (χ0n) is 13.7. The molecule has 11 heteroatoms. The molecule has 0 aliphatic heterocycles. The molecule has 140 valence electrons. The number of thiophene rings is 1. The van der Waals surface area contributed by atoms with Crippen molar-refractivity contribution in [3.63, 3.8) is 0 Å². The van der Waals surface area contributed by atoms with Crippen LogP contribution < -0.4 is 5.32 Å². The van der Waals surface area contributed by atoms with E-state index in [1.165, 1.54) is 35.6 Å². The summed E-state index contributed by atoms with van der Waals surface area (Å²) in [6.07, 6.45) is 0. The fourth-order valence-corrected chi connectivity index (χ4v) is 4.14. The van der Waals surface area contributed by atoms with Crippen molar-refractivity contribution in [1.82, 2.24) is 10.2 Å². The van der Waals surface area contributed by atoms with Gasteiger partial charge in [0.2, 0.25) is 5.89 Å². The molecule has 2 heterocycles. The molecule has 4 aromatic rings. The average Bonchev–Trinajstić information content (AvgIpc) is 3.26. The second kappa shape index (κ2) is 7.19. The number of rotatable bonds is 4. The Kier molecular flexibility index (Phi) is 4.71. The van der Waals surface area contributed by atoms with Crippen LogP contribution in [0.25, 0.3) is 21.5 Å². The first-order valence-electron chi connectivity index (χ1n) is 7.69. The second-order valence-corrected chi connectivity index (χ2v) is 7.42. The minimum atomic E-state index is -0.509. The van der Waals surface area contributed by atoms with Crippen LogP contribution in [-0.2, 0) is 0 Å². The van der Waals surface area contributed by atoms with Crippen LogP contribution in [0, 0.1) is 10.1 Å². The quantitative estimate of drug-likeness (QED) is 0.339. The highest BCUT2D eigenvalue weighted by molar-refractivity contribution is 7.21. The fraction of sp³-hybridized carbons (Fsp3) is 0. The van der Waals surface area contributed by atoms with E-state index < -0.39 is 10.8 Å². The molecule has 0 unspecified atom stereocenters. The van der Waals surface area contributed by atoms with E-state index in [-0.39, 0.29) is 22.5 Å². The van der Waals surface area contributed by atoms with E-state index in [1.54, 1.807) is 18.2 Å². The van der Waals surface area contributed by atoms with E-state index in [2.05, 4.69) is 15.5 Å². The lowest BCUT2D eigenvalue weighted by Gasteiger charge is -1.98. The average molecular weight is 435 g/mol. The van der Waals surface area contributed by atoms with Crippen LogP contribution in [0.15, 0.2) is 46.9 Å². The lowest BCUT2D eigenvalue weighted by molar-refractivity contribution is -0.384. The summed E-state index contributed by atoms with van der Waals surface area (Å²) in [4.78, 5) is 23.0. The van der Waals surface area contributed by atoms with Crippen LogP contribution in [0.2, 0.25) is 10.0 Å². The molecule has 0 aliphatic rings. The smallest absolute Gasteiger partial charge is 0.322 e. The number of non-ortho nitro benzene ring substituents is 1. The number of nitro groups is 1. The lowest BCUT2D eigenvalue weighted by atomic mass is 10.2. The molecule has 0 aliphatic carbocycles. The predicted octanol–water partition coefficient (Wildman–Crippen LogP) is 5.42. The summed E-state index contributed by atoms with van der Waals surface area (Å²) in [5.74, 6) is -0.388. The third kappa shape index (κ3) is 3.42. The normalized spacial score (nSPS) is 10.9. The molecule has 8 nitrogen and oxygen atoms in total. The van der Waals surface area contributed by atoms with Gasteiger partial charge in [-0.1, -0.05) is 34.4 Å². The Morgan fingerprint density at radius 1 is 1.14 bits per heavy atom. The molecule has 0 atom stereocenters. The van der Waals surface area contributed by atoms with E-state index in [1.807, 2.05) is 0 Å². The van der Waals surface area contributed by atoms with Gasteiger partial charge in [0.15, 0.2) is 0 Å². The molecule has 2 aromatic carbocycles. The summed E-state index contributed by atoms with van der Waals surface area (Å²) in [6.45, 7) is 0. The summed E-state index contributed by atoms with van der Waals surface area (Å²) in [7, 11) is 0. The monoisotopic (exact) mass is 434 g/mol. The Balaban J connectivity index is 1.56. The number of hydrogen-bond donors (Lipinski definition) is 1. The number of nitrogens with one attached hydrogen (secondary N) is 1. The zero-order chi connectivity index (χ0) is 19.8. The molecule has 28 heavy (non-hydrogen) atoms. The Labute approximate surface area is 170 Å². The van der Waals surface area contributed by atoms with E-state index in [4.69, 9.17) is 27.6 Å². The summed E-state index contributed by atoms with van der Waals surface area (Å²) >= 11 is 13.5. The number of anilines is 1. The molecule has 0 saturated carbocycles. The van der Waals surface area contributed by atoms with Crippen LogP contribution in [-0.4, -0.2) is 21.0 Å². The van der Waals surface area contributed by atoms with Crippen molar-refractivity contribution in [2.24, 2.45) is 0 Å². The van der Waals surface area contributed by atoms with E-state index >= 15 is 0 Å². The standard InChI is InChI=1S/C17H8Cl2N4O4S/c18-9-3-6-11-12(7-9)28-14(13(11)19)15(24)20-17-22-21-16(27-17)8-1-4-10(5-2-8)23(25)26/h1-7H,(H,20,22,24). The molecule has 1 N–H and O–H groups in total. The van der Waals surface area contributed by atoms with Crippen LogP contribution in [0.3, 0.4) is 0 Å². The highest BCUT2D eigenvalue weighted by atomic mass is 35.5. The number of fused-ring (bicyclic) bond motifs is 1. The summed E-state index contributed by atoms with van der Waals surface area (Å²) in [5, 5.41) is 22.4. The highest BCUT2D eigenvalue weighted by Gasteiger charge is 2.20. The molecule has 2 aromatic heterocycles. The van der Waals surface area contributed by atoms with Gasteiger partial charge in [0.05, 0.1) is 9.95 Å². The van der Waals surface area contributed by atoms with Gasteiger partial charge in [0.1, 0.15) is 4.88 Å². The number of amides is 1. The van der Waals surface area contributed by atoms with Crippen LogP contribution in [0.4, 0.5) is 11.7 Å². The molecule has 0 spiro atoms. The maximum atomic E-state index is 12.5.